The quantitative estimate of drug-likeness (QED) is 0.254. The number of aliphatic hydroxyl groups excluding tert-OH is 1. The number of hydrogen-bond acceptors (Lipinski definition) is 7. The number of nitrogens with zero attached hydrogens (tertiary/aromatic N) is 1. The molecule has 0 saturated carbocycles. The van der Waals surface area contributed by atoms with Gasteiger partial charge in [-0.3, -0.25) is 14.4 Å². The molecule has 0 aromatic rings. The topological polar surface area (TPSA) is 162 Å². The normalized spacial score (nSPS) is 21.4. The molecule has 0 aromatic heterocycles. The first-order chi connectivity index (χ1) is 12.1. The van der Waals surface area contributed by atoms with Crippen molar-refractivity contribution in [2.75, 3.05) is 12.3 Å². The molecule has 1 aliphatic rings. The van der Waals surface area contributed by atoms with Gasteiger partial charge < -0.3 is 31.5 Å². The van der Waals surface area contributed by atoms with Crippen LogP contribution in [0.2, 0.25) is 0 Å². The van der Waals surface area contributed by atoms with E-state index < -0.39 is 54.0 Å². The second-order valence-electron chi connectivity index (χ2n) is 6.27. The third-order valence-electron chi connectivity index (χ3n) is 4.19. The Labute approximate surface area is 156 Å². The van der Waals surface area contributed by atoms with Crippen LogP contribution in [0.3, 0.4) is 0 Å². The van der Waals surface area contributed by atoms with E-state index in [2.05, 4.69) is 23.3 Å². The number of likely N-dealkylation sites (tertiary alicyclic amines) is 1. The van der Waals surface area contributed by atoms with Crippen molar-refractivity contribution in [3.05, 3.63) is 0 Å². The van der Waals surface area contributed by atoms with Crippen LogP contribution in [0.15, 0.2) is 0 Å². The maximum absolute atomic E-state index is 12.6. The van der Waals surface area contributed by atoms with Crippen LogP contribution < -0.4 is 16.4 Å². The molecule has 1 fully saturated rings. The Morgan fingerprint density at radius 1 is 1.27 bits per heavy atom. The van der Waals surface area contributed by atoms with E-state index in [1.807, 2.05) is 0 Å². The number of amides is 3. The van der Waals surface area contributed by atoms with Gasteiger partial charge in [0.25, 0.3) is 0 Å². The highest BCUT2D eigenvalue weighted by molar-refractivity contribution is 7.80. The third kappa shape index (κ3) is 5.58. The van der Waals surface area contributed by atoms with Crippen molar-refractivity contribution in [2.45, 2.75) is 57.0 Å². The highest BCUT2D eigenvalue weighted by atomic mass is 32.1. The van der Waals surface area contributed by atoms with Crippen LogP contribution in [0.5, 0.6) is 0 Å². The van der Waals surface area contributed by atoms with E-state index in [0.717, 1.165) is 0 Å². The molecular weight excluding hydrogens is 364 g/mol. The Kier molecular flexibility index (Phi) is 8.31. The maximum atomic E-state index is 12.6. The van der Waals surface area contributed by atoms with E-state index >= 15 is 0 Å². The lowest BCUT2D eigenvalue weighted by Gasteiger charge is -2.28. The van der Waals surface area contributed by atoms with Crippen LogP contribution in [-0.2, 0) is 19.2 Å². The summed E-state index contributed by atoms with van der Waals surface area (Å²) in [4.78, 5) is 49.1. The zero-order valence-electron chi connectivity index (χ0n) is 14.7. The van der Waals surface area contributed by atoms with Crippen LogP contribution in [0, 0.1) is 0 Å². The van der Waals surface area contributed by atoms with Gasteiger partial charge >= 0.3 is 5.97 Å². The van der Waals surface area contributed by atoms with Crippen molar-refractivity contribution >= 4 is 36.3 Å². The molecular formula is C15H26N4O6S. The van der Waals surface area contributed by atoms with Crippen LogP contribution >= 0.6 is 12.6 Å². The van der Waals surface area contributed by atoms with Gasteiger partial charge in [-0.05, 0) is 26.7 Å². The van der Waals surface area contributed by atoms with E-state index in [1.54, 1.807) is 0 Å². The molecule has 6 N–H and O–H groups in total. The van der Waals surface area contributed by atoms with Gasteiger partial charge in [0.2, 0.25) is 17.7 Å². The number of rotatable bonds is 8. The predicted octanol–water partition coefficient (Wildman–Crippen LogP) is -2.31. The van der Waals surface area contributed by atoms with E-state index in [0.29, 0.717) is 19.4 Å². The number of carbonyl (C=O) groups is 4. The van der Waals surface area contributed by atoms with Crippen molar-refractivity contribution in [2.24, 2.45) is 5.73 Å². The molecule has 5 atom stereocenters. The van der Waals surface area contributed by atoms with Gasteiger partial charge in [-0.2, -0.15) is 12.6 Å². The second-order valence-corrected chi connectivity index (χ2v) is 6.63. The average Bonchev–Trinajstić information content (AvgIpc) is 3.06. The fraction of sp³-hybridized carbons (Fsp3) is 0.733. The lowest BCUT2D eigenvalue weighted by molar-refractivity contribution is -0.144. The highest BCUT2D eigenvalue weighted by Crippen LogP contribution is 2.19. The molecule has 11 heteroatoms. The maximum Gasteiger partial charge on any atom is 0.327 e. The molecule has 0 aromatic carbocycles. The predicted molar refractivity (Wildman–Crippen MR) is 95.4 cm³/mol. The fourth-order valence-corrected chi connectivity index (χ4v) is 2.84. The van der Waals surface area contributed by atoms with Gasteiger partial charge in [0.1, 0.15) is 24.2 Å². The van der Waals surface area contributed by atoms with Crippen LogP contribution in [0.1, 0.15) is 26.7 Å². The van der Waals surface area contributed by atoms with Gasteiger partial charge in [0, 0.05) is 12.3 Å². The van der Waals surface area contributed by atoms with Gasteiger partial charge in [-0.25, -0.2) is 4.79 Å². The van der Waals surface area contributed by atoms with Crippen LogP contribution in [0.25, 0.3) is 0 Å². The third-order valence-corrected chi connectivity index (χ3v) is 4.55. The zero-order valence-corrected chi connectivity index (χ0v) is 15.6. The molecule has 26 heavy (non-hydrogen) atoms. The Bertz CT molecular complexity index is 558. The number of nitrogens with one attached hydrogen (secondary N) is 2. The summed E-state index contributed by atoms with van der Waals surface area (Å²) in [7, 11) is 0. The molecule has 0 radical (unpaired) electrons. The van der Waals surface area contributed by atoms with E-state index in [1.165, 1.54) is 18.7 Å². The number of aliphatic hydroxyl groups is 1. The van der Waals surface area contributed by atoms with Crippen molar-refractivity contribution in [1.29, 1.82) is 0 Å². The van der Waals surface area contributed by atoms with Crippen molar-refractivity contribution < 1.29 is 29.4 Å². The summed E-state index contributed by atoms with van der Waals surface area (Å²) in [6.45, 7) is 3.13. The smallest absolute Gasteiger partial charge is 0.327 e. The number of aliphatic carboxylic acids is 1. The van der Waals surface area contributed by atoms with Crippen LogP contribution in [0.4, 0.5) is 0 Å². The number of hydrogen-bond donors (Lipinski definition) is 6. The molecule has 0 aliphatic carbocycles. The first kappa shape index (κ1) is 22.2. The lowest BCUT2D eigenvalue weighted by Crippen LogP contribution is -2.57. The molecule has 5 unspecified atom stereocenters. The van der Waals surface area contributed by atoms with E-state index in [4.69, 9.17) is 10.8 Å². The molecule has 1 heterocycles. The molecule has 0 bridgehead atoms. The summed E-state index contributed by atoms with van der Waals surface area (Å²) < 4.78 is 0. The average molecular weight is 390 g/mol. The number of carboxylic acids is 1. The lowest BCUT2D eigenvalue weighted by atomic mass is 10.1. The summed E-state index contributed by atoms with van der Waals surface area (Å²) in [6, 6.07) is -4.07. The van der Waals surface area contributed by atoms with Gasteiger partial charge in [0.05, 0.1) is 6.10 Å². The van der Waals surface area contributed by atoms with E-state index in [-0.39, 0.29) is 5.75 Å². The van der Waals surface area contributed by atoms with Gasteiger partial charge in [-0.1, -0.05) is 0 Å². The Hall–Kier alpha value is -1.85. The zero-order chi connectivity index (χ0) is 20.0. The SMILES string of the molecule is CC(NC(=O)C(N)C(C)O)C(=O)N1CCCC1C(=O)NC(CS)C(=O)O. The Balaban J connectivity index is 2.73. The molecule has 148 valence electrons. The molecule has 1 rings (SSSR count). The number of carbonyl (C=O) groups excluding carboxylic acids is 3. The monoisotopic (exact) mass is 390 g/mol. The molecule has 3 amide bonds. The minimum Gasteiger partial charge on any atom is -0.480 e. The summed E-state index contributed by atoms with van der Waals surface area (Å²) in [5.41, 5.74) is 5.52. The summed E-state index contributed by atoms with van der Waals surface area (Å²) in [5.74, 6) is -3.02. The summed E-state index contributed by atoms with van der Waals surface area (Å²) in [6.07, 6.45) is -0.0996. The number of carboxylic acid groups (broad SMARTS) is 1. The molecule has 1 aliphatic heterocycles. The molecule has 1 saturated heterocycles. The van der Waals surface area contributed by atoms with Gasteiger partial charge in [-0.15, -0.1) is 0 Å². The number of thiol groups is 1. The highest BCUT2D eigenvalue weighted by Gasteiger charge is 2.37. The van der Waals surface area contributed by atoms with Gasteiger partial charge in [0.15, 0.2) is 0 Å². The van der Waals surface area contributed by atoms with Crippen molar-refractivity contribution in [3.8, 4) is 0 Å². The minimum absolute atomic E-state index is 0.0779. The largest absolute Gasteiger partial charge is 0.480 e. The summed E-state index contributed by atoms with van der Waals surface area (Å²) >= 11 is 3.89. The second kappa shape index (κ2) is 9.74. The number of nitrogens with two attached hydrogens (primary N) is 1. The Morgan fingerprint density at radius 3 is 2.38 bits per heavy atom. The first-order valence-corrected chi connectivity index (χ1v) is 8.91. The summed E-state index contributed by atoms with van der Waals surface area (Å²) in [5, 5.41) is 23.1. The van der Waals surface area contributed by atoms with Crippen molar-refractivity contribution in [3.63, 3.8) is 0 Å². The molecule has 10 nitrogen and oxygen atoms in total. The standard InChI is InChI=1S/C15H26N4O6S/c1-7(17-13(22)11(16)8(2)20)14(23)19-5-3-4-10(19)12(21)18-9(6-26)15(24)25/h7-11,20,26H,3-6,16H2,1-2H3,(H,17,22)(H,18,21)(H,24,25). The van der Waals surface area contributed by atoms with Crippen LogP contribution in [-0.4, -0.2) is 81.4 Å². The van der Waals surface area contributed by atoms with E-state index in [9.17, 15) is 24.3 Å². The fourth-order valence-electron chi connectivity index (χ4n) is 2.60. The molecule has 0 spiro atoms. The minimum atomic E-state index is -1.21. The Morgan fingerprint density at radius 2 is 1.88 bits per heavy atom. The first-order valence-electron chi connectivity index (χ1n) is 8.28. The van der Waals surface area contributed by atoms with Crippen molar-refractivity contribution in [1.82, 2.24) is 15.5 Å².